The van der Waals surface area contributed by atoms with E-state index in [2.05, 4.69) is 5.43 Å². The summed E-state index contributed by atoms with van der Waals surface area (Å²) in [6.07, 6.45) is 5.23. The third kappa shape index (κ3) is 2.19. The molecule has 0 aromatic heterocycles. The summed E-state index contributed by atoms with van der Waals surface area (Å²) < 4.78 is 0. The van der Waals surface area contributed by atoms with Gasteiger partial charge in [0, 0.05) is 6.04 Å². The molecule has 1 amide bonds. The number of nitrogens with one attached hydrogen (secondary N) is 1. The van der Waals surface area contributed by atoms with E-state index in [1.54, 1.807) is 0 Å². The summed E-state index contributed by atoms with van der Waals surface area (Å²) in [6.45, 7) is 0. The predicted molar refractivity (Wildman–Crippen MR) is 46.9 cm³/mol. The molecule has 0 saturated heterocycles. The van der Waals surface area contributed by atoms with Crippen LogP contribution in [0.3, 0.4) is 0 Å². The van der Waals surface area contributed by atoms with Gasteiger partial charge in [0.2, 0.25) is 5.91 Å². The molecule has 0 spiro atoms. The molecule has 12 heavy (non-hydrogen) atoms. The first-order valence-corrected chi connectivity index (χ1v) is 4.51. The number of rotatable bonds is 1. The van der Waals surface area contributed by atoms with E-state index in [0.717, 1.165) is 25.7 Å². The van der Waals surface area contributed by atoms with E-state index in [1.165, 1.54) is 6.42 Å². The largest absolute Gasteiger partial charge is 0.327 e. The molecule has 4 heteroatoms. The zero-order valence-electron chi connectivity index (χ0n) is 7.25. The Morgan fingerprint density at radius 3 is 2.58 bits per heavy atom. The SMILES string of the molecule is NNC(=O)C1CCCCCC1N. The minimum atomic E-state index is -0.107. The van der Waals surface area contributed by atoms with Crippen LogP contribution in [0.4, 0.5) is 0 Å². The topological polar surface area (TPSA) is 81.1 Å². The number of nitrogens with two attached hydrogens (primary N) is 2. The molecule has 0 radical (unpaired) electrons. The summed E-state index contributed by atoms with van der Waals surface area (Å²) >= 11 is 0. The third-order valence-electron chi connectivity index (χ3n) is 2.55. The average molecular weight is 171 g/mol. The van der Waals surface area contributed by atoms with Crippen LogP contribution in [0.2, 0.25) is 0 Å². The van der Waals surface area contributed by atoms with Crippen LogP contribution in [0.1, 0.15) is 32.1 Å². The van der Waals surface area contributed by atoms with Gasteiger partial charge in [0.15, 0.2) is 0 Å². The normalized spacial score (nSPS) is 30.8. The molecular weight excluding hydrogens is 154 g/mol. The smallest absolute Gasteiger partial charge is 0.238 e. The second-order valence-corrected chi connectivity index (χ2v) is 3.42. The van der Waals surface area contributed by atoms with Gasteiger partial charge < -0.3 is 5.73 Å². The van der Waals surface area contributed by atoms with Gasteiger partial charge in [-0.3, -0.25) is 10.2 Å². The lowest BCUT2D eigenvalue weighted by Crippen LogP contribution is -2.43. The summed E-state index contributed by atoms with van der Waals surface area (Å²) in [7, 11) is 0. The van der Waals surface area contributed by atoms with Gasteiger partial charge in [0.25, 0.3) is 0 Å². The van der Waals surface area contributed by atoms with Crippen molar-refractivity contribution in [3.63, 3.8) is 0 Å². The number of amides is 1. The monoisotopic (exact) mass is 171 g/mol. The molecule has 1 saturated carbocycles. The molecule has 70 valence electrons. The van der Waals surface area contributed by atoms with Crippen LogP contribution in [0.25, 0.3) is 0 Å². The molecule has 0 aromatic carbocycles. The highest BCUT2D eigenvalue weighted by Crippen LogP contribution is 2.21. The zero-order chi connectivity index (χ0) is 8.97. The predicted octanol–water partition coefficient (Wildman–Crippen LogP) is -0.116. The maximum absolute atomic E-state index is 11.2. The molecule has 2 unspecified atom stereocenters. The Hall–Kier alpha value is -0.610. The highest BCUT2D eigenvalue weighted by atomic mass is 16.2. The van der Waals surface area contributed by atoms with Crippen molar-refractivity contribution in [1.82, 2.24) is 5.43 Å². The van der Waals surface area contributed by atoms with Crippen molar-refractivity contribution in [2.45, 2.75) is 38.1 Å². The van der Waals surface area contributed by atoms with Crippen LogP contribution in [0.5, 0.6) is 0 Å². The van der Waals surface area contributed by atoms with Gasteiger partial charge in [0.1, 0.15) is 0 Å². The number of carbonyl (C=O) groups is 1. The average Bonchev–Trinajstić information content (AvgIpc) is 2.28. The van der Waals surface area contributed by atoms with Gasteiger partial charge >= 0.3 is 0 Å². The molecule has 4 nitrogen and oxygen atoms in total. The quantitative estimate of drug-likeness (QED) is 0.223. The molecule has 1 rings (SSSR count). The summed E-state index contributed by atoms with van der Waals surface area (Å²) in [4.78, 5) is 11.2. The number of hydrogen-bond acceptors (Lipinski definition) is 3. The van der Waals surface area contributed by atoms with Crippen LogP contribution in [0.15, 0.2) is 0 Å². The first kappa shape index (κ1) is 9.48. The highest BCUT2D eigenvalue weighted by Gasteiger charge is 2.25. The molecule has 0 heterocycles. The van der Waals surface area contributed by atoms with Gasteiger partial charge in [-0.25, -0.2) is 5.84 Å². The number of hydrogen-bond donors (Lipinski definition) is 3. The van der Waals surface area contributed by atoms with Crippen LogP contribution in [0, 0.1) is 5.92 Å². The van der Waals surface area contributed by atoms with Crippen LogP contribution in [-0.4, -0.2) is 11.9 Å². The van der Waals surface area contributed by atoms with Crippen molar-refractivity contribution in [2.24, 2.45) is 17.5 Å². The Morgan fingerprint density at radius 1 is 1.25 bits per heavy atom. The molecule has 5 N–H and O–H groups in total. The molecule has 0 aliphatic heterocycles. The lowest BCUT2D eigenvalue weighted by Gasteiger charge is -2.18. The van der Waals surface area contributed by atoms with Crippen molar-refractivity contribution < 1.29 is 4.79 Å². The van der Waals surface area contributed by atoms with E-state index in [-0.39, 0.29) is 17.9 Å². The fourth-order valence-corrected chi connectivity index (χ4v) is 1.77. The summed E-state index contributed by atoms with van der Waals surface area (Å²) in [5, 5.41) is 0. The first-order chi connectivity index (χ1) is 5.75. The van der Waals surface area contributed by atoms with Crippen molar-refractivity contribution in [3.05, 3.63) is 0 Å². The second-order valence-electron chi connectivity index (χ2n) is 3.42. The van der Waals surface area contributed by atoms with Crippen LogP contribution < -0.4 is 17.0 Å². The lowest BCUT2D eigenvalue weighted by molar-refractivity contribution is -0.125. The fraction of sp³-hybridized carbons (Fsp3) is 0.875. The molecule has 1 aliphatic carbocycles. The Balaban J connectivity index is 2.52. The van der Waals surface area contributed by atoms with Gasteiger partial charge in [-0.2, -0.15) is 0 Å². The van der Waals surface area contributed by atoms with E-state index in [0.29, 0.717) is 0 Å². The maximum atomic E-state index is 11.2. The maximum Gasteiger partial charge on any atom is 0.238 e. The van der Waals surface area contributed by atoms with Crippen molar-refractivity contribution in [1.29, 1.82) is 0 Å². The molecule has 1 fully saturated rings. The van der Waals surface area contributed by atoms with E-state index in [4.69, 9.17) is 11.6 Å². The first-order valence-electron chi connectivity index (χ1n) is 4.51. The molecule has 0 bridgehead atoms. The van der Waals surface area contributed by atoms with E-state index < -0.39 is 0 Å². The van der Waals surface area contributed by atoms with Crippen molar-refractivity contribution >= 4 is 5.91 Å². The standard InChI is InChI=1S/C8H17N3O/c9-7-5-3-1-2-4-6(7)8(12)11-10/h6-7H,1-5,9-10H2,(H,11,12). The van der Waals surface area contributed by atoms with E-state index >= 15 is 0 Å². The lowest BCUT2D eigenvalue weighted by atomic mass is 9.95. The second kappa shape index (κ2) is 4.42. The highest BCUT2D eigenvalue weighted by molar-refractivity contribution is 5.78. The summed E-state index contributed by atoms with van der Waals surface area (Å²) in [5.41, 5.74) is 8.01. The minimum absolute atomic E-state index is 0.00366. The van der Waals surface area contributed by atoms with Crippen LogP contribution >= 0.6 is 0 Å². The van der Waals surface area contributed by atoms with Gasteiger partial charge in [-0.05, 0) is 12.8 Å². The van der Waals surface area contributed by atoms with E-state index in [1.807, 2.05) is 0 Å². The third-order valence-corrected chi connectivity index (χ3v) is 2.55. The molecule has 1 aliphatic rings. The fourth-order valence-electron chi connectivity index (χ4n) is 1.77. The molecule has 0 aromatic rings. The molecular formula is C8H17N3O. The molecule has 2 atom stereocenters. The summed E-state index contributed by atoms with van der Waals surface area (Å²) in [6, 6.07) is -0.00366. The van der Waals surface area contributed by atoms with Gasteiger partial charge in [0.05, 0.1) is 5.92 Å². The van der Waals surface area contributed by atoms with Crippen molar-refractivity contribution in [3.8, 4) is 0 Å². The number of carbonyl (C=O) groups excluding carboxylic acids is 1. The Kier molecular flexibility index (Phi) is 3.49. The summed E-state index contributed by atoms with van der Waals surface area (Å²) in [5.74, 6) is 4.88. The van der Waals surface area contributed by atoms with E-state index in [9.17, 15) is 4.79 Å². The van der Waals surface area contributed by atoms with Crippen molar-refractivity contribution in [2.75, 3.05) is 0 Å². The van der Waals surface area contributed by atoms with Crippen LogP contribution in [-0.2, 0) is 4.79 Å². The zero-order valence-corrected chi connectivity index (χ0v) is 7.25. The Bertz CT molecular complexity index is 160. The Labute approximate surface area is 72.6 Å². The minimum Gasteiger partial charge on any atom is -0.327 e. The number of hydrazine groups is 1. The Morgan fingerprint density at radius 2 is 1.92 bits per heavy atom. The van der Waals surface area contributed by atoms with Gasteiger partial charge in [-0.15, -0.1) is 0 Å². The van der Waals surface area contributed by atoms with Gasteiger partial charge in [-0.1, -0.05) is 19.3 Å².